The molecule has 8 heteroatoms. The second kappa shape index (κ2) is 11.1. The molecule has 26 heavy (non-hydrogen) atoms. The highest BCUT2D eigenvalue weighted by molar-refractivity contribution is 6.76. The molecule has 0 aliphatic heterocycles. The van der Waals surface area contributed by atoms with Crippen LogP contribution in [0.25, 0.3) is 0 Å². The molecule has 0 radical (unpaired) electrons. The summed E-state index contributed by atoms with van der Waals surface area (Å²) >= 11 is 16.4. The highest BCUT2D eigenvalue weighted by Gasteiger charge is 2.28. The van der Waals surface area contributed by atoms with Crippen LogP contribution < -0.4 is 9.47 Å². The lowest BCUT2D eigenvalue weighted by molar-refractivity contribution is 0.281. The van der Waals surface area contributed by atoms with Gasteiger partial charge in [-0.3, -0.25) is 5.41 Å². The van der Waals surface area contributed by atoms with Crippen molar-refractivity contribution in [3.63, 3.8) is 0 Å². The zero-order valence-corrected chi connectivity index (χ0v) is 16.6. The molecule has 0 atom stereocenters. The van der Waals surface area contributed by atoms with E-state index in [1.165, 1.54) is 0 Å². The fourth-order valence-corrected chi connectivity index (χ4v) is 1.85. The molecule has 2 rings (SSSR count). The van der Waals surface area contributed by atoms with Crippen LogP contribution in [0.1, 0.15) is 11.1 Å². The van der Waals surface area contributed by atoms with Crippen molar-refractivity contribution in [2.75, 3.05) is 14.2 Å². The zero-order chi connectivity index (χ0) is 19.6. The number of ether oxygens (including phenoxy) is 3. The highest BCUT2D eigenvalue weighted by Crippen LogP contribution is 2.28. The minimum Gasteiger partial charge on any atom is -0.497 e. The van der Waals surface area contributed by atoms with Crippen LogP contribution in [-0.4, -0.2) is 29.0 Å². The van der Waals surface area contributed by atoms with Gasteiger partial charge in [0.2, 0.25) is 5.90 Å². The summed E-state index contributed by atoms with van der Waals surface area (Å²) in [5.74, 6) is 1.17. The van der Waals surface area contributed by atoms with Crippen molar-refractivity contribution in [3.05, 3.63) is 59.7 Å². The second-order valence-corrected chi connectivity index (χ2v) is 7.25. The van der Waals surface area contributed by atoms with Gasteiger partial charge in [0.15, 0.2) is 0 Å². The predicted octanol–water partition coefficient (Wildman–Crippen LogP) is 4.75. The van der Waals surface area contributed by atoms with Gasteiger partial charge in [0, 0.05) is 0 Å². The number of halogens is 3. The molecule has 0 amide bonds. The molecule has 0 aliphatic rings. The monoisotopic (exact) mass is 419 g/mol. The molecule has 5 nitrogen and oxygen atoms in total. The number of aliphatic hydroxyl groups is 1. The van der Waals surface area contributed by atoms with E-state index < -0.39 is 9.69 Å². The standard InChI is InChI=1S/C10H10Cl3NO2.C8H10O2/c1-15-8-4-2-7(3-5-8)6-16-9(14)10(11,12)13;1-10-8-4-2-7(6-9)3-5-8/h2-5,14H,6H2,1H3;2-5,9H,6H2,1H3. The summed E-state index contributed by atoms with van der Waals surface area (Å²) in [6, 6.07) is 14.5. The Hall–Kier alpha value is -1.66. The molecule has 2 aromatic carbocycles. The molecule has 0 bridgehead atoms. The molecule has 0 aliphatic carbocycles. The minimum atomic E-state index is -1.81. The molecule has 0 unspecified atom stereocenters. The topological polar surface area (TPSA) is 71.8 Å². The first-order chi connectivity index (χ1) is 12.3. The number of hydrogen-bond donors (Lipinski definition) is 2. The summed E-state index contributed by atoms with van der Waals surface area (Å²) < 4.78 is 13.1. The van der Waals surface area contributed by atoms with Crippen LogP contribution in [0.4, 0.5) is 0 Å². The van der Waals surface area contributed by atoms with E-state index in [4.69, 9.17) is 59.5 Å². The first-order valence-electron chi connectivity index (χ1n) is 7.45. The molecule has 2 aromatic rings. The summed E-state index contributed by atoms with van der Waals surface area (Å²) in [6.07, 6.45) is 0. The maximum absolute atomic E-state index is 8.66. The van der Waals surface area contributed by atoms with Gasteiger partial charge in [0.1, 0.15) is 18.1 Å². The first kappa shape index (κ1) is 22.4. The summed E-state index contributed by atoms with van der Waals surface area (Å²) in [5, 5.41) is 16.0. The first-order valence-corrected chi connectivity index (χ1v) is 8.58. The van der Waals surface area contributed by atoms with Gasteiger partial charge in [-0.1, -0.05) is 59.1 Å². The van der Waals surface area contributed by atoms with Gasteiger partial charge in [-0.2, -0.15) is 0 Å². The molecule has 0 heterocycles. The van der Waals surface area contributed by atoms with E-state index in [0.29, 0.717) is 0 Å². The largest absolute Gasteiger partial charge is 0.497 e. The average molecular weight is 421 g/mol. The minimum absolute atomic E-state index is 0.0873. The Labute approximate surface area is 167 Å². The van der Waals surface area contributed by atoms with Crippen molar-refractivity contribution in [1.29, 1.82) is 5.41 Å². The summed E-state index contributed by atoms with van der Waals surface area (Å²) in [4.78, 5) is 0. The number of aliphatic hydroxyl groups excluding tert-OH is 1. The average Bonchev–Trinajstić information content (AvgIpc) is 2.66. The Bertz CT molecular complexity index is 647. The number of benzene rings is 2. The Morgan fingerprint density at radius 3 is 1.65 bits per heavy atom. The van der Waals surface area contributed by atoms with Gasteiger partial charge < -0.3 is 19.3 Å². The van der Waals surface area contributed by atoms with Gasteiger partial charge in [0.05, 0.1) is 20.8 Å². The van der Waals surface area contributed by atoms with E-state index in [-0.39, 0.29) is 13.2 Å². The van der Waals surface area contributed by atoms with E-state index in [1.54, 1.807) is 26.4 Å². The number of alkyl halides is 3. The molecule has 2 N–H and O–H groups in total. The SMILES string of the molecule is COc1ccc(CO)cc1.COc1ccc(COC(=N)C(Cl)(Cl)Cl)cc1. The van der Waals surface area contributed by atoms with Crippen LogP contribution in [-0.2, 0) is 18.0 Å². The van der Waals surface area contributed by atoms with E-state index in [9.17, 15) is 0 Å². The lowest BCUT2D eigenvalue weighted by Crippen LogP contribution is -2.20. The zero-order valence-electron chi connectivity index (χ0n) is 14.3. The van der Waals surface area contributed by atoms with Crippen LogP contribution in [0.3, 0.4) is 0 Å². The fourth-order valence-electron chi connectivity index (χ4n) is 1.69. The highest BCUT2D eigenvalue weighted by atomic mass is 35.6. The number of rotatable bonds is 5. The molecule has 142 valence electrons. The lowest BCUT2D eigenvalue weighted by atomic mass is 10.2. The normalized spacial score (nSPS) is 10.4. The summed E-state index contributed by atoms with van der Waals surface area (Å²) in [6.45, 7) is 0.265. The van der Waals surface area contributed by atoms with E-state index in [2.05, 4.69) is 0 Å². The van der Waals surface area contributed by atoms with Crippen LogP contribution in [0, 0.1) is 5.41 Å². The van der Waals surface area contributed by atoms with Gasteiger partial charge in [-0.25, -0.2) is 0 Å². The molecule has 0 fully saturated rings. The number of methoxy groups -OCH3 is 2. The van der Waals surface area contributed by atoms with E-state index >= 15 is 0 Å². The predicted molar refractivity (Wildman–Crippen MR) is 105 cm³/mol. The molecule has 0 spiro atoms. The maximum atomic E-state index is 8.66. The quantitative estimate of drug-likeness (QED) is 0.416. The smallest absolute Gasteiger partial charge is 0.265 e. The van der Waals surface area contributed by atoms with Crippen molar-refractivity contribution in [1.82, 2.24) is 0 Å². The van der Waals surface area contributed by atoms with Gasteiger partial charge in [0.25, 0.3) is 3.79 Å². The maximum Gasteiger partial charge on any atom is 0.265 e. The van der Waals surface area contributed by atoms with Crippen LogP contribution in [0.5, 0.6) is 11.5 Å². The lowest BCUT2D eigenvalue weighted by Gasteiger charge is -2.13. The number of hydrogen-bond acceptors (Lipinski definition) is 5. The third-order valence-electron chi connectivity index (χ3n) is 3.14. The van der Waals surface area contributed by atoms with Crippen molar-refractivity contribution < 1.29 is 19.3 Å². The van der Waals surface area contributed by atoms with Gasteiger partial charge >= 0.3 is 0 Å². The summed E-state index contributed by atoms with van der Waals surface area (Å²) in [5.41, 5.74) is 1.76. The van der Waals surface area contributed by atoms with E-state index in [0.717, 1.165) is 22.6 Å². The van der Waals surface area contributed by atoms with Crippen LogP contribution >= 0.6 is 34.8 Å². The Morgan fingerprint density at radius 1 is 0.885 bits per heavy atom. The molecular formula is C18H20Cl3NO4. The third-order valence-corrected chi connectivity index (χ3v) is 3.66. The molecule has 0 aromatic heterocycles. The molecular weight excluding hydrogens is 401 g/mol. The second-order valence-electron chi connectivity index (χ2n) is 4.97. The van der Waals surface area contributed by atoms with Crippen LogP contribution in [0.2, 0.25) is 0 Å². The fraction of sp³-hybridized carbons (Fsp3) is 0.278. The van der Waals surface area contributed by atoms with Gasteiger partial charge in [-0.05, 0) is 35.4 Å². The Kier molecular flexibility index (Phi) is 9.59. The van der Waals surface area contributed by atoms with Crippen molar-refractivity contribution in [2.45, 2.75) is 17.0 Å². The van der Waals surface area contributed by atoms with E-state index in [1.807, 2.05) is 36.4 Å². The third kappa shape index (κ3) is 8.15. The Morgan fingerprint density at radius 2 is 1.31 bits per heavy atom. The molecule has 0 saturated heterocycles. The summed E-state index contributed by atoms with van der Waals surface area (Å²) in [7, 11) is 3.21. The van der Waals surface area contributed by atoms with Crippen LogP contribution in [0.15, 0.2) is 48.5 Å². The van der Waals surface area contributed by atoms with Crippen molar-refractivity contribution in [2.24, 2.45) is 0 Å². The van der Waals surface area contributed by atoms with Gasteiger partial charge in [-0.15, -0.1) is 0 Å². The Balaban J connectivity index is 0.000000289. The van der Waals surface area contributed by atoms with Crippen molar-refractivity contribution >= 4 is 40.7 Å². The molecule has 0 saturated carbocycles. The number of nitrogens with one attached hydrogen (secondary N) is 1. The van der Waals surface area contributed by atoms with Crippen molar-refractivity contribution in [3.8, 4) is 11.5 Å².